The molecule has 0 radical (unpaired) electrons. The van der Waals surface area contributed by atoms with Gasteiger partial charge in [0.05, 0.1) is 16.4 Å². The minimum absolute atomic E-state index is 0.534. The topological polar surface area (TPSA) is 29.9 Å². The third kappa shape index (κ3) is 2.77. The molecule has 0 saturated heterocycles. The van der Waals surface area contributed by atoms with Gasteiger partial charge in [0, 0.05) is 13.1 Å². The molecule has 0 saturated carbocycles. The van der Waals surface area contributed by atoms with Gasteiger partial charge in [-0.25, -0.2) is 0 Å². The molecule has 2 atom stereocenters. The van der Waals surface area contributed by atoms with Gasteiger partial charge in [-0.05, 0) is 32.7 Å². The molecule has 1 heterocycles. The Morgan fingerprint density at radius 3 is 2.50 bits per heavy atom. The lowest BCUT2D eigenvalue weighted by Gasteiger charge is -2.22. The van der Waals surface area contributed by atoms with E-state index in [9.17, 15) is 0 Å². The summed E-state index contributed by atoms with van der Waals surface area (Å²) in [5, 5.41) is 8.50. The Morgan fingerprint density at radius 2 is 2.12 bits per heavy atom. The molecule has 1 N–H and O–H groups in total. The Hall–Kier alpha value is -0.540. The highest BCUT2D eigenvalue weighted by Gasteiger charge is 2.18. The van der Waals surface area contributed by atoms with Crippen LogP contribution in [0.1, 0.15) is 31.7 Å². The van der Waals surface area contributed by atoms with E-state index in [4.69, 9.17) is 11.6 Å². The first-order chi connectivity index (χ1) is 7.51. The second-order valence-electron chi connectivity index (χ2n) is 4.45. The molecule has 1 rings (SSSR count). The Balaban J connectivity index is 2.80. The maximum Gasteiger partial charge on any atom is 0.0847 e. The first kappa shape index (κ1) is 13.5. The zero-order chi connectivity index (χ0) is 12.3. The van der Waals surface area contributed by atoms with E-state index < -0.39 is 0 Å². The van der Waals surface area contributed by atoms with Crippen LogP contribution in [0.5, 0.6) is 0 Å². The summed E-state index contributed by atoms with van der Waals surface area (Å²) in [4.78, 5) is 0. The molecule has 16 heavy (non-hydrogen) atoms. The van der Waals surface area contributed by atoms with E-state index in [0.29, 0.717) is 12.0 Å². The van der Waals surface area contributed by atoms with Crippen molar-refractivity contribution in [3.8, 4) is 0 Å². The van der Waals surface area contributed by atoms with Crippen molar-refractivity contribution in [2.45, 2.75) is 39.7 Å². The second kappa shape index (κ2) is 5.69. The fourth-order valence-electron chi connectivity index (χ4n) is 2.24. The summed E-state index contributed by atoms with van der Waals surface area (Å²) >= 11 is 6.25. The number of hydrogen-bond acceptors (Lipinski definition) is 2. The molecule has 0 aliphatic carbocycles. The van der Waals surface area contributed by atoms with Gasteiger partial charge >= 0.3 is 0 Å². The molecule has 0 fully saturated rings. The smallest absolute Gasteiger partial charge is 0.0847 e. The lowest BCUT2D eigenvalue weighted by atomic mass is 9.94. The molecule has 0 aromatic carbocycles. The fraction of sp³-hybridized carbons (Fsp3) is 0.750. The predicted molar refractivity (Wildman–Crippen MR) is 69.0 cm³/mol. The van der Waals surface area contributed by atoms with Gasteiger partial charge in [-0.1, -0.05) is 25.4 Å². The largest absolute Gasteiger partial charge is 0.317 e. The molecule has 1 aromatic rings. The lowest BCUT2D eigenvalue weighted by Crippen LogP contribution is -2.32. The van der Waals surface area contributed by atoms with Gasteiger partial charge in [-0.3, -0.25) is 4.68 Å². The van der Waals surface area contributed by atoms with Crippen molar-refractivity contribution >= 4 is 11.6 Å². The van der Waals surface area contributed by atoms with Crippen LogP contribution in [0.4, 0.5) is 0 Å². The highest BCUT2D eigenvalue weighted by Crippen LogP contribution is 2.23. The SMILES string of the molecule is CCC(NC)C(C)Cc1c(Cl)c(C)nn1C. The van der Waals surface area contributed by atoms with Crippen LogP contribution in [0.2, 0.25) is 5.02 Å². The van der Waals surface area contributed by atoms with E-state index in [1.54, 1.807) is 0 Å². The Bertz CT molecular complexity index is 342. The summed E-state index contributed by atoms with van der Waals surface area (Å²) in [5.74, 6) is 0.558. The fourth-order valence-corrected chi connectivity index (χ4v) is 2.48. The van der Waals surface area contributed by atoms with Gasteiger partial charge < -0.3 is 5.32 Å². The third-order valence-corrected chi connectivity index (χ3v) is 3.77. The first-order valence-corrected chi connectivity index (χ1v) is 6.24. The van der Waals surface area contributed by atoms with Gasteiger partial charge in [0.25, 0.3) is 0 Å². The quantitative estimate of drug-likeness (QED) is 0.862. The van der Waals surface area contributed by atoms with Crippen molar-refractivity contribution in [2.24, 2.45) is 13.0 Å². The van der Waals surface area contributed by atoms with Crippen molar-refractivity contribution in [1.82, 2.24) is 15.1 Å². The standard InChI is InChI=1S/C12H22ClN3/c1-6-10(14-4)8(2)7-11-12(13)9(3)15-16(11)5/h8,10,14H,6-7H2,1-5H3. The number of halogens is 1. The summed E-state index contributed by atoms with van der Waals surface area (Å²) in [6.07, 6.45) is 2.10. The number of nitrogens with zero attached hydrogens (tertiary/aromatic N) is 2. The Morgan fingerprint density at radius 1 is 1.50 bits per heavy atom. The number of nitrogens with one attached hydrogen (secondary N) is 1. The number of hydrogen-bond donors (Lipinski definition) is 1. The van der Waals surface area contributed by atoms with Crippen LogP contribution >= 0.6 is 11.6 Å². The van der Waals surface area contributed by atoms with E-state index in [2.05, 4.69) is 24.3 Å². The minimum Gasteiger partial charge on any atom is -0.317 e. The van der Waals surface area contributed by atoms with Crippen molar-refractivity contribution in [2.75, 3.05) is 7.05 Å². The summed E-state index contributed by atoms with van der Waals surface area (Å²) in [6, 6.07) is 0.534. The second-order valence-corrected chi connectivity index (χ2v) is 4.83. The van der Waals surface area contributed by atoms with E-state index in [-0.39, 0.29) is 0 Å². The van der Waals surface area contributed by atoms with E-state index in [0.717, 1.165) is 29.3 Å². The highest BCUT2D eigenvalue weighted by molar-refractivity contribution is 6.31. The number of aromatic nitrogens is 2. The van der Waals surface area contributed by atoms with Crippen molar-refractivity contribution < 1.29 is 0 Å². The molecule has 0 spiro atoms. The van der Waals surface area contributed by atoms with Crippen LogP contribution in [-0.2, 0) is 13.5 Å². The van der Waals surface area contributed by atoms with Gasteiger partial charge in [-0.2, -0.15) is 5.10 Å². The predicted octanol–water partition coefficient (Wildman–Crippen LogP) is 2.56. The van der Waals surface area contributed by atoms with E-state index in [1.165, 1.54) is 0 Å². The molecule has 0 aliphatic rings. The lowest BCUT2D eigenvalue weighted by molar-refractivity contribution is 0.380. The van der Waals surface area contributed by atoms with Crippen molar-refractivity contribution in [1.29, 1.82) is 0 Å². The minimum atomic E-state index is 0.534. The average Bonchev–Trinajstić information content (AvgIpc) is 2.47. The zero-order valence-electron chi connectivity index (χ0n) is 10.8. The molecule has 92 valence electrons. The maximum atomic E-state index is 6.25. The number of aryl methyl sites for hydroxylation is 2. The Labute approximate surface area is 103 Å². The van der Waals surface area contributed by atoms with Crippen molar-refractivity contribution in [3.63, 3.8) is 0 Å². The third-order valence-electron chi connectivity index (χ3n) is 3.27. The zero-order valence-corrected chi connectivity index (χ0v) is 11.6. The molecule has 0 amide bonds. The van der Waals surface area contributed by atoms with Crippen LogP contribution < -0.4 is 5.32 Å². The summed E-state index contributed by atoms with van der Waals surface area (Å²) < 4.78 is 1.90. The van der Waals surface area contributed by atoms with Crippen LogP contribution in [0.3, 0.4) is 0 Å². The maximum absolute atomic E-state index is 6.25. The van der Waals surface area contributed by atoms with Gasteiger partial charge in [-0.15, -0.1) is 0 Å². The van der Waals surface area contributed by atoms with Crippen LogP contribution in [0.15, 0.2) is 0 Å². The van der Waals surface area contributed by atoms with E-state index >= 15 is 0 Å². The first-order valence-electron chi connectivity index (χ1n) is 5.86. The van der Waals surface area contributed by atoms with Crippen LogP contribution in [0.25, 0.3) is 0 Å². The summed E-state index contributed by atoms with van der Waals surface area (Å²) in [6.45, 7) is 6.41. The van der Waals surface area contributed by atoms with Crippen LogP contribution in [0, 0.1) is 12.8 Å². The normalized spacial score (nSPS) is 15.1. The molecular formula is C12H22ClN3. The average molecular weight is 244 g/mol. The van der Waals surface area contributed by atoms with Crippen molar-refractivity contribution in [3.05, 3.63) is 16.4 Å². The molecule has 3 nitrogen and oxygen atoms in total. The molecule has 0 bridgehead atoms. The molecule has 4 heteroatoms. The molecular weight excluding hydrogens is 222 g/mol. The van der Waals surface area contributed by atoms with Gasteiger partial charge in [0.1, 0.15) is 0 Å². The van der Waals surface area contributed by atoms with Crippen LogP contribution in [-0.4, -0.2) is 22.9 Å². The molecule has 2 unspecified atom stereocenters. The number of rotatable bonds is 5. The monoisotopic (exact) mass is 243 g/mol. The molecule has 1 aromatic heterocycles. The summed E-state index contributed by atoms with van der Waals surface area (Å²) in [7, 11) is 3.97. The van der Waals surface area contributed by atoms with Gasteiger partial charge in [0.2, 0.25) is 0 Å². The molecule has 0 aliphatic heterocycles. The van der Waals surface area contributed by atoms with E-state index in [1.807, 2.05) is 25.7 Å². The summed E-state index contributed by atoms with van der Waals surface area (Å²) in [5.41, 5.74) is 2.06. The Kier molecular flexibility index (Phi) is 4.81. The van der Waals surface area contributed by atoms with Gasteiger partial charge in [0.15, 0.2) is 0 Å². The highest BCUT2D eigenvalue weighted by atomic mass is 35.5.